The second-order valence-electron chi connectivity index (χ2n) is 9.44. The van der Waals surface area contributed by atoms with Crippen LogP contribution >= 0.6 is 0 Å². The van der Waals surface area contributed by atoms with Gasteiger partial charge < -0.3 is 9.84 Å². The summed E-state index contributed by atoms with van der Waals surface area (Å²) in [5.74, 6) is 3.09. The minimum atomic E-state index is -0.512. The summed E-state index contributed by atoms with van der Waals surface area (Å²) in [7, 11) is 1.81. The Morgan fingerprint density at radius 2 is 1.52 bits per heavy atom. The van der Waals surface area contributed by atoms with Crippen molar-refractivity contribution in [2.75, 3.05) is 7.11 Å². The maximum absolute atomic E-state index is 10.1. The number of phenolic OH excluding ortho intramolecular Hbond substituents is 1. The molecule has 0 atom stereocenters. The largest absolute Gasteiger partial charge is 0.508 e. The van der Waals surface area contributed by atoms with Crippen molar-refractivity contribution in [1.82, 2.24) is 0 Å². The minimum absolute atomic E-state index is 0.135. The zero-order chi connectivity index (χ0) is 18.4. The van der Waals surface area contributed by atoms with Gasteiger partial charge in [-0.25, -0.2) is 9.78 Å². The number of phenols is 1. The van der Waals surface area contributed by atoms with Crippen LogP contribution in [0.1, 0.15) is 69.3 Å². The molecule has 5 saturated carbocycles. The van der Waals surface area contributed by atoms with Crippen molar-refractivity contribution >= 4 is 0 Å². The summed E-state index contributed by atoms with van der Waals surface area (Å²) < 4.78 is 6.03. The third-order valence-electron chi connectivity index (χ3n) is 7.96. The fourth-order valence-corrected chi connectivity index (χ4v) is 6.79. The summed E-state index contributed by atoms with van der Waals surface area (Å²) in [6, 6.07) is 7.73. The van der Waals surface area contributed by atoms with Gasteiger partial charge in [0.05, 0.1) is 6.10 Å². The van der Waals surface area contributed by atoms with Gasteiger partial charge in [0.1, 0.15) is 5.75 Å². The number of hydrogen-bond donors (Lipinski definition) is 1. The van der Waals surface area contributed by atoms with Crippen molar-refractivity contribution in [3.8, 4) is 5.75 Å². The fourth-order valence-electron chi connectivity index (χ4n) is 6.79. The first-order chi connectivity index (χ1) is 13.2. The number of hydrogen-bond acceptors (Lipinski definition) is 4. The van der Waals surface area contributed by atoms with E-state index < -0.39 is 5.79 Å². The summed E-state index contributed by atoms with van der Waals surface area (Å²) in [4.78, 5) is 12.2. The van der Waals surface area contributed by atoms with Crippen LogP contribution in [0.5, 0.6) is 5.75 Å². The van der Waals surface area contributed by atoms with E-state index in [0.717, 1.165) is 43.1 Å². The van der Waals surface area contributed by atoms with E-state index in [1.54, 1.807) is 13.2 Å². The molecule has 0 spiro atoms. The molecule has 5 aliphatic carbocycles. The van der Waals surface area contributed by atoms with Crippen LogP contribution in [0.25, 0.3) is 0 Å². The number of methoxy groups -OCH3 is 1. The van der Waals surface area contributed by atoms with E-state index in [-0.39, 0.29) is 6.10 Å². The highest BCUT2D eigenvalue weighted by Gasteiger charge is 2.60. The fraction of sp³-hybridized carbons (Fsp3) is 0.739. The number of benzene rings is 1. The molecule has 1 aromatic rings. The quantitative estimate of drug-likeness (QED) is 0.440. The lowest BCUT2D eigenvalue weighted by atomic mass is 9.53. The molecule has 0 radical (unpaired) electrons. The third kappa shape index (κ3) is 3.10. The molecule has 0 aromatic heterocycles. The predicted octanol–water partition coefficient (Wildman–Crippen LogP) is 5.17. The van der Waals surface area contributed by atoms with Crippen LogP contribution in [-0.2, 0) is 14.5 Å². The average Bonchev–Trinajstić information content (AvgIpc) is 2.68. The standard InChI is InChI=1S/C23H32O4/c1-25-23(18-11-15-10-16(13-18)14-19(23)12-15)27-26-20-8-6-17(7-9-20)21-4-2-3-5-22(21)24/h2-5,15-20,24H,6-14H2,1H3. The van der Waals surface area contributed by atoms with Crippen LogP contribution in [0.3, 0.4) is 0 Å². The molecule has 1 aromatic carbocycles. The SMILES string of the molecule is COC1(OOC2CCC(c3ccccc3O)CC2)C2CC3CC(C2)CC1C3. The van der Waals surface area contributed by atoms with Crippen LogP contribution < -0.4 is 0 Å². The number of para-hydroxylation sites is 1. The van der Waals surface area contributed by atoms with Gasteiger partial charge >= 0.3 is 0 Å². The van der Waals surface area contributed by atoms with E-state index in [0.29, 0.717) is 23.5 Å². The lowest BCUT2D eigenvalue weighted by molar-refractivity contribution is -0.485. The first kappa shape index (κ1) is 18.0. The smallest absolute Gasteiger partial charge is 0.207 e. The van der Waals surface area contributed by atoms with Crippen molar-refractivity contribution in [2.24, 2.45) is 23.7 Å². The Kier molecular flexibility index (Phi) is 4.69. The summed E-state index contributed by atoms with van der Waals surface area (Å²) >= 11 is 0. The second kappa shape index (κ2) is 7.06. The lowest BCUT2D eigenvalue weighted by Crippen LogP contribution is -2.60. The van der Waals surface area contributed by atoms with Crippen LogP contribution in [0.4, 0.5) is 0 Å². The molecule has 148 valence electrons. The molecule has 1 N–H and O–H groups in total. The Morgan fingerprint density at radius 1 is 0.889 bits per heavy atom. The zero-order valence-corrected chi connectivity index (χ0v) is 16.3. The Bertz CT molecular complexity index is 636. The van der Waals surface area contributed by atoms with Crippen molar-refractivity contribution in [1.29, 1.82) is 0 Å². The van der Waals surface area contributed by atoms with Gasteiger partial charge in [-0.15, -0.1) is 0 Å². The van der Waals surface area contributed by atoms with Gasteiger partial charge in [-0.05, 0) is 87.2 Å². The van der Waals surface area contributed by atoms with Crippen molar-refractivity contribution < 1.29 is 19.6 Å². The van der Waals surface area contributed by atoms with Gasteiger partial charge in [0.25, 0.3) is 0 Å². The van der Waals surface area contributed by atoms with E-state index in [1.165, 1.54) is 32.1 Å². The first-order valence-electron chi connectivity index (χ1n) is 10.9. The molecule has 0 unspecified atom stereocenters. The topological polar surface area (TPSA) is 47.9 Å². The second-order valence-corrected chi connectivity index (χ2v) is 9.44. The summed E-state index contributed by atoms with van der Waals surface area (Å²) in [6.07, 6.45) is 10.5. The van der Waals surface area contributed by atoms with Gasteiger partial charge in [0.2, 0.25) is 5.79 Å². The van der Waals surface area contributed by atoms with Crippen LogP contribution in [0.15, 0.2) is 24.3 Å². The molecule has 27 heavy (non-hydrogen) atoms. The highest BCUT2D eigenvalue weighted by molar-refractivity contribution is 5.35. The number of rotatable bonds is 5. The Morgan fingerprint density at radius 3 is 2.11 bits per heavy atom. The van der Waals surface area contributed by atoms with Crippen LogP contribution in [0.2, 0.25) is 0 Å². The molecule has 0 amide bonds. The van der Waals surface area contributed by atoms with Crippen LogP contribution in [-0.4, -0.2) is 24.1 Å². The van der Waals surface area contributed by atoms with E-state index in [2.05, 4.69) is 0 Å². The van der Waals surface area contributed by atoms with Gasteiger partial charge in [-0.3, -0.25) is 0 Å². The van der Waals surface area contributed by atoms with Crippen molar-refractivity contribution in [2.45, 2.75) is 75.6 Å². The molecule has 4 heteroatoms. The van der Waals surface area contributed by atoms with E-state index >= 15 is 0 Å². The maximum Gasteiger partial charge on any atom is 0.207 e. The van der Waals surface area contributed by atoms with Crippen molar-refractivity contribution in [3.05, 3.63) is 29.8 Å². The highest BCUT2D eigenvalue weighted by atomic mass is 17.2. The van der Waals surface area contributed by atoms with Gasteiger partial charge in [-0.1, -0.05) is 18.2 Å². The maximum atomic E-state index is 10.1. The average molecular weight is 373 g/mol. The van der Waals surface area contributed by atoms with Crippen LogP contribution in [0, 0.1) is 23.7 Å². The zero-order valence-electron chi connectivity index (χ0n) is 16.3. The monoisotopic (exact) mass is 372 g/mol. The predicted molar refractivity (Wildman–Crippen MR) is 102 cm³/mol. The number of aromatic hydroxyl groups is 1. The molecular formula is C23H32O4. The van der Waals surface area contributed by atoms with Gasteiger partial charge in [0, 0.05) is 18.9 Å². The summed E-state index contributed by atoms with van der Waals surface area (Å²) in [5.41, 5.74) is 1.08. The van der Waals surface area contributed by atoms with E-state index in [4.69, 9.17) is 14.5 Å². The molecule has 0 saturated heterocycles. The molecule has 6 rings (SSSR count). The first-order valence-corrected chi connectivity index (χ1v) is 10.9. The molecule has 0 aliphatic heterocycles. The Balaban J connectivity index is 1.19. The normalized spacial score (nSPS) is 43.1. The third-order valence-corrected chi connectivity index (χ3v) is 7.96. The number of ether oxygens (including phenoxy) is 1. The minimum Gasteiger partial charge on any atom is -0.508 e. The van der Waals surface area contributed by atoms with E-state index in [9.17, 15) is 5.11 Å². The van der Waals surface area contributed by atoms with Gasteiger partial charge in [0.15, 0.2) is 0 Å². The van der Waals surface area contributed by atoms with Gasteiger partial charge in [-0.2, -0.15) is 0 Å². The molecule has 4 bridgehead atoms. The van der Waals surface area contributed by atoms with Crippen molar-refractivity contribution in [3.63, 3.8) is 0 Å². The summed E-state index contributed by atoms with van der Waals surface area (Å²) in [5, 5.41) is 10.1. The lowest BCUT2D eigenvalue weighted by Gasteiger charge is -2.58. The highest BCUT2D eigenvalue weighted by Crippen LogP contribution is 2.60. The Hall–Kier alpha value is -1.10. The molecule has 5 aliphatic rings. The Labute approximate surface area is 162 Å². The molecular weight excluding hydrogens is 340 g/mol. The van der Waals surface area contributed by atoms with E-state index in [1.807, 2.05) is 18.2 Å². The molecule has 5 fully saturated rings. The molecule has 4 nitrogen and oxygen atoms in total. The summed E-state index contributed by atoms with van der Waals surface area (Å²) in [6.45, 7) is 0. The molecule has 0 heterocycles.